The highest BCUT2D eigenvalue weighted by Crippen LogP contribution is 2.28. The lowest BCUT2D eigenvalue weighted by Crippen LogP contribution is -2.18. The molecule has 1 heterocycles. The maximum absolute atomic E-state index is 6.21. The summed E-state index contributed by atoms with van der Waals surface area (Å²) in [5.41, 5.74) is 6.76. The predicted octanol–water partition coefficient (Wildman–Crippen LogP) is 3.14. The number of hydrogen-bond donors (Lipinski definition) is 1. The number of nitrogens with zero attached hydrogens (tertiary/aromatic N) is 2. The third kappa shape index (κ3) is 4.44. The van der Waals surface area contributed by atoms with Crippen LogP contribution in [0.15, 0.2) is 22.7 Å². The fourth-order valence-corrected chi connectivity index (χ4v) is 2.25. The molecule has 1 atom stereocenters. The van der Waals surface area contributed by atoms with E-state index in [-0.39, 0.29) is 12.6 Å². The van der Waals surface area contributed by atoms with Crippen molar-refractivity contribution in [2.45, 2.75) is 45.8 Å². The third-order valence-electron chi connectivity index (χ3n) is 2.94. The maximum atomic E-state index is 6.21. The molecule has 0 aliphatic rings. The molecular weight excluding hydrogens is 290 g/mol. The lowest BCUT2D eigenvalue weighted by Gasteiger charge is -2.13. The molecule has 0 aliphatic heterocycles. The van der Waals surface area contributed by atoms with E-state index in [1.54, 1.807) is 0 Å². The van der Waals surface area contributed by atoms with E-state index in [0.717, 1.165) is 18.4 Å². The van der Waals surface area contributed by atoms with Gasteiger partial charge in [-0.15, -0.1) is 0 Å². The zero-order chi connectivity index (χ0) is 15.2. The highest BCUT2D eigenvalue weighted by molar-refractivity contribution is 6.31. The van der Waals surface area contributed by atoms with E-state index in [2.05, 4.69) is 17.1 Å². The lowest BCUT2D eigenvalue weighted by atomic mass is 10.1. The predicted molar refractivity (Wildman–Crippen MR) is 81.4 cm³/mol. The topological polar surface area (TPSA) is 74.2 Å². The lowest BCUT2D eigenvalue weighted by molar-refractivity contribution is 0.240. The van der Waals surface area contributed by atoms with Crippen LogP contribution >= 0.6 is 11.6 Å². The van der Waals surface area contributed by atoms with Crippen LogP contribution in [0.1, 0.15) is 37.5 Å². The highest BCUT2D eigenvalue weighted by atomic mass is 35.5. The van der Waals surface area contributed by atoms with Crippen LogP contribution in [-0.2, 0) is 19.4 Å². The summed E-state index contributed by atoms with van der Waals surface area (Å²) in [6.07, 6.45) is 2.43. The van der Waals surface area contributed by atoms with Gasteiger partial charge in [0.1, 0.15) is 5.75 Å². The maximum Gasteiger partial charge on any atom is 0.264 e. The molecule has 0 amide bonds. The average Bonchev–Trinajstić information content (AvgIpc) is 2.87. The normalized spacial score (nSPS) is 12.4. The minimum Gasteiger partial charge on any atom is -0.483 e. The van der Waals surface area contributed by atoms with Crippen molar-refractivity contribution in [3.05, 3.63) is 40.5 Å². The van der Waals surface area contributed by atoms with E-state index < -0.39 is 0 Å². The molecule has 0 saturated heterocycles. The number of rotatable bonds is 7. The van der Waals surface area contributed by atoms with Crippen molar-refractivity contribution in [1.29, 1.82) is 0 Å². The first-order chi connectivity index (χ1) is 10.1. The van der Waals surface area contributed by atoms with Gasteiger partial charge in [0.2, 0.25) is 0 Å². The second-order valence-electron chi connectivity index (χ2n) is 5.04. The molecular formula is C15H20ClN3O2. The minimum atomic E-state index is 0.00631. The van der Waals surface area contributed by atoms with E-state index in [1.807, 2.05) is 25.1 Å². The molecule has 0 fully saturated rings. The molecule has 5 nitrogen and oxygen atoms in total. The van der Waals surface area contributed by atoms with E-state index in [1.165, 1.54) is 0 Å². The molecule has 0 spiro atoms. The van der Waals surface area contributed by atoms with Gasteiger partial charge in [-0.05, 0) is 31.9 Å². The Kier molecular flexibility index (Phi) is 5.59. The summed E-state index contributed by atoms with van der Waals surface area (Å²) < 4.78 is 10.9. The van der Waals surface area contributed by atoms with Crippen LogP contribution in [0.3, 0.4) is 0 Å². The van der Waals surface area contributed by atoms with Crippen molar-refractivity contribution in [3.8, 4) is 5.75 Å². The summed E-state index contributed by atoms with van der Waals surface area (Å²) in [6.45, 7) is 4.23. The number of benzene rings is 1. The number of halogens is 1. The van der Waals surface area contributed by atoms with Gasteiger partial charge in [-0.1, -0.05) is 29.7 Å². The zero-order valence-electron chi connectivity index (χ0n) is 12.3. The van der Waals surface area contributed by atoms with Crippen molar-refractivity contribution in [1.82, 2.24) is 10.1 Å². The van der Waals surface area contributed by atoms with Crippen LogP contribution in [0.2, 0.25) is 5.02 Å². The Morgan fingerprint density at radius 2 is 2.24 bits per heavy atom. The van der Waals surface area contributed by atoms with Crippen LogP contribution in [-0.4, -0.2) is 16.2 Å². The summed E-state index contributed by atoms with van der Waals surface area (Å²) in [5, 5.41) is 4.55. The molecule has 2 N–H and O–H groups in total. The van der Waals surface area contributed by atoms with E-state index in [4.69, 9.17) is 26.6 Å². The number of nitrogens with two attached hydrogens (primary N) is 1. The molecule has 1 aromatic carbocycles. The standard InChI is InChI=1S/C15H20ClN3O2/c1-3-5-14-18-15(21-19-14)9-20-13-7-4-6-12(16)11(13)8-10(2)17/h4,6-7,10H,3,5,8-9,17H2,1-2H3. The Morgan fingerprint density at radius 1 is 1.43 bits per heavy atom. The number of aromatic nitrogens is 2. The highest BCUT2D eigenvalue weighted by Gasteiger charge is 2.12. The SMILES string of the molecule is CCCc1noc(COc2cccc(Cl)c2CC(C)N)n1. The number of ether oxygens (including phenoxy) is 1. The van der Waals surface area contributed by atoms with Gasteiger partial charge < -0.3 is 15.0 Å². The van der Waals surface area contributed by atoms with Gasteiger partial charge in [-0.2, -0.15) is 4.98 Å². The van der Waals surface area contributed by atoms with Crippen LogP contribution in [0, 0.1) is 0 Å². The molecule has 0 bridgehead atoms. The molecule has 2 rings (SSSR count). The van der Waals surface area contributed by atoms with E-state index in [9.17, 15) is 0 Å². The molecule has 21 heavy (non-hydrogen) atoms. The Balaban J connectivity index is 2.06. The van der Waals surface area contributed by atoms with Crippen molar-refractivity contribution in [2.24, 2.45) is 5.73 Å². The largest absolute Gasteiger partial charge is 0.483 e. The Bertz CT molecular complexity index is 584. The van der Waals surface area contributed by atoms with E-state index >= 15 is 0 Å². The summed E-state index contributed by atoms with van der Waals surface area (Å²) in [5.74, 6) is 1.87. The van der Waals surface area contributed by atoms with Crippen molar-refractivity contribution >= 4 is 11.6 Å². The summed E-state index contributed by atoms with van der Waals surface area (Å²) >= 11 is 6.21. The van der Waals surface area contributed by atoms with Gasteiger partial charge >= 0.3 is 0 Å². The second kappa shape index (κ2) is 7.43. The monoisotopic (exact) mass is 309 g/mol. The quantitative estimate of drug-likeness (QED) is 0.850. The van der Waals surface area contributed by atoms with Gasteiger partial charge in [-0.3, -0.25) is 0 Å². The third-order valence-corrected chi connectivity index (χ3v) is 3.29. The Labute approximate surface area is 129 Å². The molecule has 1 aromatic heterocycles. The summed E-state index contributed by atoms with van der Waals surface area (Å²) in [6, 6.07) is 5.55. The van der Waals surface area contributed by atoms with Crippen LogP contribution in [0.5, 0.6) is 5.75 Å². The molecule has 0 aliphatic carbocycles. The first-order valence-electron chi connectivity index (χ1n) is 7.07. The number of aryl methyl sites for hydroxylation is 1. The van der Waals surface area contributed by atoms with Crippen LogP contribution in [0.25, 0.3) is 0 Å². The Morgan fingerprint density at radius 3 is 2.95 bits per heavy atom. The minimum absolute atomic E-state index is 0.00631. The van der Waals surface area contributed by atoms with Gasteiger partial charge in [0.25, 0.3) is 5.89 Å². The second-order valence-corrected chi connectivity index (χ2v) is 5.45. The smallest absolute Gasteiger partial charge is 0.264 e. The molecule has 114 valence electrons. The van der Waals surface area contributed by atoms with Crippen molar-refractivity contribution < 1.29 is 9.26 Å². The van der Waals surface area contributed by atoms with Gasteiger partial charge in [0, 0.05) is 23.0 Å². The Hall–Kier alpha value is -1.59. The first kappa shape index (κ1) is 15.8. The van der Waals surface area contributed by atoms with Crippen molar-refractivity contribution in [2.75, 3.05) is 0 Å². The fraction of sp³-hybridized carbons (Fsp3) is 0.467. The molecule has 6 heteroatoms. The van der Waals surface area contributed by atoms with Gasteiger partial charge in [-0.25, -0.2) is 0 Å². The van der Waals surface area contributed by atoms with Gasteiger partial charge in [0.15, 0.2) is 12.4 Å². The van der Waals surface area contributed by atoms with E-state index in [0.29, 0.717) is 28.9 Å². The van der Waals surface area contributed by atoms with Crippen molar-refractivity contribution in [3.63, 3.8) is 0 Å². The molecule has 2 aromatic rings. The molecule has 0 saturated carbocycles. The van der Waals surface area contributed by atoms with Crippen LogP contribution < -0.4 is 10.5 Å². The summed E-state index contributed by atoms with van der Waals surface area (Å²) in [7, 11) is 0. The fourth-order valence-electron chi connectivity index (χ4n) is 2.01. The first-order valence-corrected chi connectivity index (χ1v) is 7.45. The molecule has 0 radical (unpaired) electrons. The van der Waals surface area contributed by atoms with Crippen LogP contribution in [0.4, 0.5) is 0 Å². The molecule has 1 unspecified atom stereocenters. The zero-order valence-corrected chi connectivity index (χ0v) is 13.1. The summed E-state index contributed by atoms with van der Waals surface area (Å²) in [4.78, 5) is 4.27. The van der Waals surface area contributed by atoms with Gasteiger partial charge in [0.05, 0.1) is 0 Å². The average molecular weight is 310 g/mol. The number of hydrogen-bond acceptors (Lipinski definition) is 5.